The molecule has 1 aromatic rings. The summed E-state index contributed by atoms with van der Waals surface area (Å²) in [5.74, 6) is 1.15. The Labute approximate surface area is 113 Å². The predicted octanol–water partition coefficient (Wildman–Crippen LogP) is 0.919. The fraction of sp³-hybridized carbons (Fsp3) is 0.500. The summed E-state index contributed by atoms with van der Waals surface area (Å²) in [6.45, 7) is 1.94. The lowest BCUT2D eigenvalue weighted by Gasteiger charge is -2.16. The third-order valence-electron chi connectivity index (χ3n) is 3.31. The maximum Gasteiger partial charge on any atom is 0.176 e. The minimum Gasteiger partial charge on any atom is -0.493 e. The zero-order valence-electron chi connectivity index (χ0n) is 11.4. The number of carbonyl (C=O) groups is 1. The number of likely N-dealkylation sites (N-methyl/N-ethyl adjacent to an activating group) is 1. The van der Waals surface area contributed by atoms with Crippen LogP contribution in [0.3, 0.4) is 0 Å². The molecule has 0 aromatic heterocycles. The van der Waals surface area contributed by atoms with Gasteiger partial charge in [0.25, 0.3) is 0 Å². The largest absolute Gasteiger partial charge is 0.493 e. The van der Waals surface area contributed by atoms with Crippen molar-refractivity contribution in [2.45, 2.75) is 12.5 Å². The van der Waals surface area contributed by atoms with Crippen LogP contribution in [0.2, 0.25) is 0 Å². The van der Waals surface area contributed by atoms with Gasteiger partial charge in [-0.05, 0) is 31.7 Å². The van der Waals surface area contributed by atoms with Gasteiger partial charge in [0.2, 0.25) is 0 Å². The Morgan fingerprint density at radius 1 is 1.47 bits per heavy atom. The maximum absolute atomic E-state index is 11.6. The van der Waals surface area contributed by atoms with Crippen LogP contribution in [0.4, 0.5) is 0 Å². The molecule has 104 valence electrons. The van der Waals surface area contributed by atoms with Gasteiger partial charge in [-0.1, -0.05) is 0 Å². The maximum atomic E-state index is 11.6. The van der Waals surface area contributed by atoms with Crippen LogP contribution in [0.15, 0.2) is 18.2 Å². The monoisotopic (exact) mass is 264 g/mol. The lowest BCUT2D eigenvalue weighted by molar-refractivity contribution is 0.100. The second kappa shape index (κ2) is 6.04. The number of nitrogens with two attached hydrogens (primary N) is 1. The molecule has 1 unspecified atom stereocenters. The summed E-state index contributed by atoms with van der Waals surface area (Å²) in [7, 11) is 3.64. The number of hydrogen-bond donors (Lipinski definition) is 1. The standard InChI is InChI=1S/C14H20N2O3/c1-16-6-5-11(9-16)19-13-4-3-10(12(17)8-15)7-14(13)18-2/h3-4,7,11H,5-6,8-9,15H2,1-2H3. The van der Waals surface area contributed by atoms with E-state index in [-0.39, 0.29) is 18.4 Å². The number of rotatable bonds is 5. The first-order valence-electron chi connectivity index (χ1n) is 6.40. The molecule has 1 atom stereocenters. The summed E-state index contributed by atoms with van der Waals surface area (Å²) in [4.78, 5) is 13.8. The van der Waals surface area contributed by atoms with E-state index in [1.807, 2.05) is 0 Å². The molecular weight excluding hydrogens is 244 g/mol. The highest BCUT2D eigenvalue weighted by atomic mass is 16.5. The first-order valence-corrected chi connectivity index (χ1v) is 6.40. The Balaban J connectivity index is 2.14. The fourth-order valence-electron chi connectivity index (χ4n) is 2.23. The molecule has 2 N–H and O–H groups in total. The van der Waals surface area contributed by atoms with Crippen LogP contribution < -0.4 is 15.2 Å². The van der Waals surface area contributed by atoms with Crippen LogP contribution in [-0.4, -0.2) is 50.6 Å². The second-order valence-electron chi connectivity index (χ2n) is 4.78. The molecule has 5 heteroatoms. The van der Waals surface area contributed by atoms with Crippen molar-refractivity contribution < 1.29 is 14.3 Å². The third kappa shape index (κ3) is 3.24. The van der Waals surface area contributed by atoms with Crippen molar-refractivity contribution >= 4 is 5.78 Å². The Kier molecular flexibility index (Phi) is 4.39. The number of Topliss-reactive ketones (excluding diaryl/α,β-unsaturated/α-hetero) is 1. The number of nitrogens with zero attached hydrogens (tertiary/aromatic N) is 1. The molecule has 0 saturated carbocycles. The van der Waals surface area contributed by atoms with E-state index in [0.29, 0.717) is 17.1 Å². The number of benzene rings is 1. The fourth-order valence-corrected chi connectivity index (χ4v) is 2.23. The van der Waals surface area contributed by atoms with Gasteiger partial charge in [0.1, 0.15) is 6.10 Å². The van der Waals surface area contributed by atoms with Gasteiger partial charge in [-0.3, -0.25) is 4.79 Å². The smallest absolute Gasteiger partial charge is 0.176 e. The molecule has 0 amide bonds. The van der Waals surface area contributed by atoms with Gasteiger partial charge < -0.3 is 20.1 Å². The number of carbonyl (C=O) groups excluding carboxylic acids is 1. The summed E-state index contributed by atoms with van der Waals surface area (Å²) in [6.07, 6.45) is 1.18. The van der Waals surface area contributed by atoms with Crippen molar-refractivity contribution in [3.05, 3.63) is 23.8 Å². The molecule has 5 nitrogen and oxygen atoms in total. The van der Waals surface area contributed by atoms with Gasteiger partial charge in [-0.25, -0.2) is 0 Å². The van der Waals surface area contributed by atoms with Gasteiger partial charge >= 0.3 is 0 Å². The van der Waals surface area contributed by atoms with E-state index in [9.17, 15) is 4.79 Å². The molecule has 2 rings (SSSR count). The summed E-state index contributed by atoms with van der Waals surface area (Å²) in [5.41, 5.74) is 5.90. The van der Waals surface area contributed by atoms with Crippen LogP contribution in [-0.2, 0) is 0 Å². The van der Waals surface area contributed by atoms with Gasteiger partial charge in [-0.2, -0.15) is 0 Å². The molecule has 0 bridgehead atoms. The van der Waals surface area contributed by atoms with Crippen molar-refractivity contribution in [3.63, 3.8) is 0 Å². The van der Waals surface area contributed by atoms with Crippen molar-refractivity contribution in [2.24, 2.45) is 5.73 Å². The molecule has 1 aromatic carbocycles. The zero-order chi connectivity index (χ0) is 13.8. The van der Waals surface area contributed by atoms with Gasteiger partial charge in [-0.15, -0.1) is 0 Å². The quantitative estimate of drug-likeness (QED) is 0.801. The Morgan fingerprint density at radius 3 is 2.84 bits per heavy atom. The predicted molar refractivity (Wildman–Crippen MR) is 72.9 cm³/mol. The number of likely N-dealkylation sites (tertiary alicyclic amines) is 1. The summed E-state index contributed by atoms with van der Waals surface area (Å²) in [6, 6.07) is 5.19. The lowest BCUT2D eigenvalue weighted by atomic mass is 10.1. The first-order chi connectivity index (χ1) is 9.13. The van der Waals surface area contributed by atoms with E-state index in [2.05, 4.69) is 11.9 Å². The minimum absolute atomic E-state index is 0.00320. The second-order valence-corrected chi connectivity index (χ2v) is 4.78. The van der Waals surface area contributed by atoms with Crippen LogP contribution in [0.1, 0.15) is 16.8 Å². The minimum atomic E-state index is -0.106. The average Bonchev–Trinajstić information content (AvgIpc) is 2.83. The topological polar surface area (TPSA) is 64.8 Å². The number of ketones is 1. The average molecular weight is 264 g/mol. The van der Waals surface area contributed by atoms with Crippen LogP contribution in [0.25, 0.3) is 0 Å². The Bertz CT molecular complexity index is 462. The molecular formula is C14H20N2O3. The highest BCUT2D eigenvalue weighted by molar-refractivity contribution is 5.98. The van der Waals surface area contributed by atoms with E-state index >= 15 is 0 Å². The zero-order valence-corrected chi connectivity index (χ0v) is 11.4. The van der Waals surface area contributed by atoms with E-state index in [4.69, 9.17) is 15.2 Å². The van der Waals surface area contributed by atoms with Crippen molar-refractivity contribution in [3.8, 4) is 11.5 Å². The SMILES string of the molecule is COc1cc(C(=O)CN)ccc1OC1CCN(C)C1. The van der Waals surface area contributed by atoms with E-state index in [0.717, 1.165) is 19.5 Å². The summed E-state index contributed by atoms with van der Waals surface area (Å²) < 4.78 is 11.2. The third-order valence-corrected chi connectivity index (χ3v) is 3.31. The summed E-state index contributed by atoms with van der Waals surface area (Å²) in [5, 5.41) is 0. The van der Waals surface area contributed by atoms with Crippen LogP contribution in [0, 0.1) is 0 Å². The molecule has 1 fully saturated rings. The normalized spacial score (nSPS) is 19.4. The Hall–Kier alpha value is -1.59. The van der Waals surface area contributed by atoms with Crippen molar-refractivity contribution in [2.75, 3.05) is 33.8 Å². The molecule has 0 radical (unpaired) electrons. The van der Waals surface area contributed by atoms with Crippen molar-refractivity contribution in [1.29, 1.82) is 0 Å². The molecule has 0 aliphatic carbocycles. The van der Waals surface area contributed by atoms with Crippen LogP contribution >= 0.6 is 0 Å². The van der Waals surface area contributed by atoms with E-state index in [1.165, 1.54) is 0 Å². The van der Waals surface area contributed by atoms with Gasteiger partial charge in [0.05, 0.1) is 13.7 Å². The molecule has 19 heavy (non-hydrogen) atoms. The summed E-state index contributed by atoms with van der Waals surface area (Å²) >= 11 is 0. The highest BCUT2D eigenvalue weighted by Gasteiger charge is 2.22. The molecule has 0 spiro atoms. The number of ether oxygens (including phenoxy) is 2. The number of methoxy groups -OCH3 is 1. The molecule has 1 aliphatic rings. The van der Waals surface area contributed by atoms with Gasteiger partial charge in [0.15, 0.2) is 17.3 Å². The molecule has 1 aliphatic heterocycles. The van der Waals surface area contributed by atoms with E-state index < -0.39 is 0 Å². The first kappa shape index (κ1) is 13.8. The lowest BCUT2D eigenvalue weighted by Crippen LogP contribution is -2.21. The van der Waals surface area contributed by atoms with Gasteiger partial charge in [0, 0.05) is 18.7 Å². The van der Waals surface area contributed by atoms with E-state index in [1.54, 1.807) is 25.3 Å². The highest BCUT2D eigenvalue weighted by Crippen LogP contribution is 2.30. The molecule has 1 saturated heterocycles. The molecule has 1 heterocycles. The van der Waals surface area contributed by atoms with Crippen molar-refractivity contribution in [1.82, 2.24) is 4.90 Å². The Morgan fingerprint density at radius 2 is 2.26 bits per heavy atom. The van der Waals surface area contributed by atoms with Crippen LogP contribution in [0.5, 0.6) is 11.5 Å². The number of hydrogen-bond acceptors (Lipinski definition) is 5.